The van der Waals surface area contributed by atoms with Crippen molar-refractivity contribution in [1.29, 1.82) is 0 Å². The third-order valence-electron chi connectivity index (χ3n) is 5.36. The minimum atomic E-state index is -4.31. The molecule has 38 heavy (non-hydrogen) atoms. The van der Waals surface area contributed by atoms with Crippen molar-refractivity contribution in [2.24, 2.45) is 0 Å². The van der Waals surface area contributed by atoms with E-state index in [0.29, 0.717) is 6.42 Å². The number of anilines is 1. The van der Waals surface area contributed by atoms with Crippen LogP contribution in [0.5, 0.6) is 5.75 Å². The zero-order valence-electron chi connectivity index (χ0n) is 23.0. The van der Waals surface area contributed by atoms with Crippen LogP contribution >= 0.6 is 11.8 Å². The fraction of sp³-hybridized carbons (Fsp3) is 0.367. The van der Waals surface area contributed by atoms with Crippen LogP contribution < -0.4 is 9.64 Å². The zero-order valence-corrected chi connectivity index (χ0v) is 23.8. The van der Waals surface area contributed by atoms with Gasteiger partial charge in [0.2, 0.25) is 0 Å². The number of ether oxygens (including phenoxy) is 2. The highest BCUT2D eigenvalue weighted by atomic mass is 32.2. The van der Waals surface area contributed by atoms with Gasteiger partial charge in [-0.05, 0) is 79.1 Å². The van der Waals surface area contributed by atoms with Gasteiger partial charge < -0.3 is 19.2 Å². The highest BCUT2D eigenvalue weighted by Gasteiger charge is 2.29. The van der Waals surface area contributed by atoms with Crippen LogP contribution in [0.2, 0.25) is 0 Å². The third kappa shape index (κ3) is 11.6. The number of carbonyl (C=O) groups is 1. The summed E-state index contributed by atoms with van der Waals surface area (Å²) in [6.07, 6.45) is -0.878. The number of rotatable bonds is 9. The number of methoxy groups -OCH3 is 2. The molecule has 0 amide bonds. The summed E-state index contributed by atoms with van der Waals surface area (Å²) >= 11 is 1.80. The van der Waals surface area contributed by atoms with E-state index in [1.807, 2.05) is 25.1 Å². The second-order valence-corrected chi connectivity index (χ2v) is 9.39. The van der Waals surface area contributed by atoms with Crippen molar-refractivity contribution < 1.29 is 27.4 Å². The molecule has 0 atom stereocenters. The van der Waals surface area contributed by atoms with Crippen LogP contribution in [0.4, 0.5) is 18.9 Å². The number of halogens is 3. The summed E-state index contributed by atoms with van der Waals surface area (Å²) in [5.74, 6) is 1.88. The quantitative estimate of drug-likeness (QED) is 0.259. The maximum absolute atomic E-state index is 12.8. The monoisotopic (exact) mass is 549 g/mol. The van der Waals surface area contributed by atoms with E-state index in [1.165, 1.54) is 12.5 Å². The first kappa shape index (κ1) is 33.1. The maximum Gasteiger partial charge on any atom is 0.416 e. The Morgan fingerprint density at radius 3 is 2.05 bits per heavy atom. The number of hydrogen-bond donors (Lipinski definition) is 0. The molecule has 3 rings (SSSR count). The molecule has 0 aliphatic heterocycles. The number of aldehydes is 1. The van der Waals surface area contributed by atoms with E-state index >= 15 is 0 Å². The summed E-state index contributed by atoms with van der Waals surface area (Å²) in [6.45, 7) is 5.16. The van der Waals surface area contributed by atoms with Crippen molar-refractivity contribution in [3.8, 4) is 5.75 Å². The van der Waals surface area contributed by atoms with Crippen LogP contribution in [0.15, 0.2) is 66.7 Å². The Bertz CT molecular complexity index is 1090. The molecule has 3 aromatic rings. The molecule has 0 aromatic heterocycles. The lowest BCUT2D eigenvalue weighted by atomic mass is 10.0. The standard InChI is InChI=1S/C26H28F3NOS.C2H6O.C2H4O/c1-19-15-22(9-12-25(19)31-2)18-30(13-14-32-3)24-6-4-5-21(17-24)16-20-7-10-23(11-8-20)26(27,28)29;1-3-2;1-2-3/h4-12,15,17H,13-14,16,18H2,1-3H3;1-2H3;2H,1H3. The lowest BCUT2D eigenvalue weighted by Gasteiger charge is -2.26. The van der Waals surface area contributed by atoms with Gasteiger partial charge in [-0.3, -0.25) is 0 Å². The first-order chi connectivity index (χ1) is 18.1. The molecule has 8 heteroatoms. The summed E-state index contributed by atoms with van der Waals surface area (Å²) in [6, 6.07) is 19.9. The molecule has 0 spiro atoms. The molecule has 0 bridgehead atoms. The predicted molar refractivity (Wildman–Crippen MR) is 153 cm³/mol. The van der Waals surface area contributed by atoms with Gasteiger partial charge in [0.25, 0.3) is 0 Å². The smallest absolute Gasteiger partial charge is 0.416 e. The molecule has 208 valence electrons. The molecule has 0 N–H and O–H groups in total. The largest absolute Gasteiger partial charge is 0.496 e. The average Bonchev–Trinajstić information content (AvgIpc) is 2.87. The number of benzene rings is 3. The van der Waals surface area contributed by atoms with E-state index in [-0.39, 0.29) is 0 Å². The molecule has 0 radical (unpaired) electrons. The topological polar surface area (TPSA) is 38.8 Å². The van der Waals surface area contributed by atoms with Gasteiger partial charge in [-0.25, -0.2) is 0 Å². The van der Waals surface area contributed by atoms with Crippen LogP contribution in [-0.2, 0) is 28.7 Å². The Morgan fingerprint density at radius 1 is 0.921 bits per heavy atom. The Balaban J connectivity index is 0.00000110. The minimum Gasteiger partial charge on any atom is -0.496 e. The van der Waals surface area contributed by atoms with E-state index in [0.717, 1.165) is 65.4 Å². The van der Waals surface area contributed by atoms with E-state index in [1.54, 1.807) is 45.2 Å². The number of carbonyl (C=O) groups excluding carboxylic acids is 1. The summed E-state index contributed by atoms with van der Waals surface area (Å²) in [4.78, 5) is 11.1. The summed E-state index contributed by atoms with van der Waals surface area (Å²) in [5, 5.41) is 0. The van der Waals surface area contributed by atoms with Crippen LogP contribution in [0.3, 0.4) is 0 Å². The summed E-state index contributed by atoms with van der Waals surface area (Å²) in [7, 11) is 4.93. The number of thioether (sulfide) groups is 1. The first-order valence-corrected chi connectivity index (χ1v) is 13.4. The fourth-order valence-electron chi connectivity index (χ4n) is 3.67. The summed E-state index contributed by atoms with van der Waals surface area (Å²) in [5.41, 5.74) is 4.73. The highest BCUT2D eigenvalue weighted by Crippen LogP contribution is 2.30. The molecule has 0 saturated carbocycles. The number of nitrogens with zero attached hydrogens (tertiary/aromatic N) is 1. The van der Waals surface area contributed by atoms with Crippen LogP contribution in [0.1, 0.15) is 34.7 Å². The third-order valence-corrected chi connectivity index (χ3v) is 5.95. The maximum atomic E-state index is 12.8. The number of hydrogen-bond acceptors (Lipinski definition) is 5. The normalized spacial score (nSPS) is 10.4. The molecular weight excluding hydrogens is 511 g/mol. The van der Waals surface area contributed by atoms with Gasteiger partial charge in [0, 0.05) is 38.7 Å². The lowest BCUT2D eigenvalue weighted by molar-refractivity contribution is -0.137. The molecule has 4 nitrogen and oxygen atoms in total. The molecule has 0 heterocycles. The van der Waals surface area contributed by atoms with Crippen LogP contribution in [-0.4, -0.2) is 46.2 Å². The van der Waals surface area contributed by atoms with Gasteiger partial charge in [-0.2, -0.15) is 24.9 Å². The van der Waals surface area contributed by atoms with Crippen molar-refractivity contribution in [3.63, 3.8) is 0 Å². The van der Waals surface area contributed by atoms with E-state index in [9.17, 15) is 13.2 Å². The van der Waals surface area contributed by atoms with Gasteiger partial charge in [-0.15, -0.1) is 0 Å². The Labute approximate surface area is 229 Å². The molecule has 0 aliphatic carbocycles. The van der Waals surface area contributed by atoms with E-state index < -0.39 is 11.7 Å². The van der Waals surface area contributed by atoms with Gasteiger partial charge in [0.15, 0.2) is 0 Å². The van der Waals surface area contributed by atoms with Gasteiger partial charge in [-0.1, -0.05) is 36.4 Å². The Morgan fingerprint density at radius 2 is 1.53 bits per heavy atom. The summed E-state index contributed by atoms with van der Waals surface area (Å²) < 4.78 is 48.1. The van der Waals surface area contributed by atoms with Crippen molar-refractivity contribution in [3.05, 3.63) is 94.5 Å². The SMILES string of the molecule is CC=O.COC.COc1ccc(CN(CCSC)c2cccc(Cc3ccc(C(F)(F)F)cc3)c2)cc1C. The second kappa shape index (κ2) is 17.5. The van der Waals surface area contributed by atoms with Crippen molar-refractivity contribution in [1.82, 2.24) is 0 Å². The number of alkyl halides is 3. The van der Waals surface area contributed by atoms with Gasteiger partial charge in [0.1, 0.15) is 12.0 Å². The second-order valence-electron chi connectivity index (χ2n) is 8.40. The Hall–Kier alpha value is -2.97. The van der Waals surface area contributed by atoms with Crippen LogP contribution in [0.25, 0.3) is 0 Å². The van der Waals surface area contributed by atoms with E-state index in [2.05, 4.69) is 40.2 Å². The molecule has 0 unspecified atom stereocenters. The molecular formula is C30H38F3NO3S. The van der Waals surface area contributed by atoms with Crippen molar-refractivity contribution in [2.45, 2.75) is 33.0 Å². The molecule has 0 aliphatic rings. The van der Waals surface area contributed by atoms with Gasteiger partial charge in [0.05, 0.1) is 12.7 Å². The van der Waals surface area contributed by atoms with Crippen molar-refractivity contribution >= 4 is 23.7 Å². The van der Waals surface area contributed by atoms with Gasteiger partial charge >= 0.3 is 6.18 Å². The predicted octanol–water partition coefficient (Wildman–Crippen LogP) is 7.45. The highest BCUT2D eigenvalue weighted by molar-refractivity contribution is 7.98. The molecule has 0 fully saturated rings. The fourth-order valence-corrected chi connectivity index (χ4v) is 4.07. The zero-order chi connectivity index (χ0) is 28.6. The lowest BCUT2D eigenvalue weighted by Crippen LogP contribution is -2.25. The number of aryl methyl sites for hydroxylation is 1. The van der Waals surface area contributed by atoms with Crippen molar-refractivity contribution in [2.75, 3.05) is 44.8 Å². The minimum absolute atomic E-state index is 0.587. The Kier molecular flexibility index (Phi) is 15.2. The first-order valence-electron chi connectivity index (χ1n) is 12.1. The molecule has 3 aromatic carbocycles. The van der Waals surface area contributed by atoms with Crippen LogP contribution in [0, 0.1) is 6.92 Å². The average molecular weight is 550 g/mol. The van der Waals surface area contributed by atoms with E-state index in [4.69, 9.17) is 9.53 Å². The molecule has 0 saturated heterocycles.